The molecule has 1 amide bonds. The molecule has 4 rings (SSSR count). The van der Waals surface area contributed by atoms with E-state index in [1.807, 2.05) is 0 Å². The van der Waals surface area contributed by atoms with E-state index in [1.54, 1.807) is 11.6 Å². The number of carbonyl (C=O) groups is 1. The molecule has 1 fully saturated rings. The summed E-state index contributed by atoms with van der Waals surface area (Å²) in [6.45, 7) is 4.58. The molecule has 1 aromatic carbocycles. The van der Waals surface area contributed by atoms with Crippen molar-refractivity contribution in [1.29, 1.82) is 0 Å². The third kappa shape index (κ3) is 6.41. The zero-order chi connectivity index (χ0) is 31.3. The van der Waals surface area contributed by atoms with Crippen LogP contribution in [0.1, 0.15) is 62.5 Å². The lowest BCUT2D eigenvalue weighted by molar-refractivity contribution is -0.147. The number of aliphatic hydroxyl groups is 1. The number of alkyl halides is 6. The van der Waals surface area contributed by atoms with E-state index in [1.165, 1.54) is 13.8 Å². The smallest absolute Gasteiger partial charge is 0.407 e. The van der Waals surface area contributed by atoms with Crippen LogP contribution in [0.2, 0.25) is 0 Å². The first kappa shape index (κ1) is 32.1. The fraction of sp³-hybridized carbons (Fsp3) is 0.500. The second kappa shape index (κ2) is 11.7. The van der Waals surface area contributed by atoms with E-state index >= 15 is 4.39 Å². The summed E-state index contributed by atoms with van der Waals surface area (Å²) in [5.74, 6) is -3.16. The van der Waals surface area contributed by atoms with Gasteiger partial charge in [-0.2, -0.15) is 13.2 Å². The summed E-state index contributed by atoms with van der Waals surface area (Å²) in [7, 11) is 0. The minimum Gasteiger partial charge on any atom is -0.593 e. The number of benzene rings is 1. The Labute approximate surface area is 241 Å². The highest BCUT2D eigenvalue weighted by molar-refractivity contribution is 7.89. The first-order valence-corrected chi connectivity index (χ1v) is 14.2. The second-order valence-electron chi connectivity index (χ2n) is 10.1. The normalized spacial score (nSPS) is 19.5. The maximum atomic E-state index is 15.5. The van der Waals surface area contributed by atoms with Gasteiger partial charge in [0.1, 0.15) is 23.5 Å². The number of nitrogens with zero attached hydrogens (tertiary/aromatic N) is 4. The van der Waals surface area contributed by atoms with Crippen molar-refractivity contribution in [3.63, 3.8) is 0 Å². The number of thiazole rings is 1. The fourth-order valence-corrected chi connectivity index (χ4v) is 6.16. The molecule has 0 spiro atoms. The van der Waals surface area contributed by atoms with Gasteiger partial charge < -0.3 is 19.0 Å². The van der Waals surface area contributed by atoms with Gasteiger partial charge in [-0.25, -0.2) is 22.5 Å². The van der Waals surface area contributed by atoms with E-state index in [4.69, 9.17) is 4.42 Å². The van der Waals surface area contributed by atoms with E-state index in [0.717, 1.165) is 17.0 Å². The standard InChI is InChI=1S/C24H24F7N5O4S2/c1-9-7-11(25)8-36(9)21(37)16-17(41-20(32-16)19-33-34-22(40-19)23(3,4)38)12-5-6-13(15(26)14(12)18(27)28)42(39)35-10(2)24(29,30)31/h5-6,9-11,18,35,38H,7-8H2,1-4H3/t9-,10-,11?,42?/m0/s1. The highest BCUT2D eigenvalue weighted by Crippen LogP contribution is 2.43. The minimum atomic E-state index is -4.85. The number of hydrogen-bond acceptors (Lipinski definition) is 9. The Kier molecular flexibility index (Phi) is 8.95. The summed E-state index contributed by atoms with van der Waals surface area (Å²) >= 11 is -2.31. The molecule has 2 N–H and O–H groups in total. The van der Waals surface area contributed by atoms with Crippen molar-refractivity contribution < 1.29 is 49.6 Å². The molecule has 3 heterocycles. The van der Waals surface area contributed by atoms with Crippen molar-refractivity contribution in [2.75, 3.05) is 6.54 Å². The lowest BCUT2D eigenvalue weighted by Crippen LogP contribution is -2.43. The Hall–Kier alpha value is -2.80. The van der Waals surface area contributed by atoms with Crippen LogP contribution in [0.5, 0.6) is 0 Å². The maximum absolute atomic E-state index is 15.5. The molecule has 1 aliphatic rings. The van der Waals surface area contributed by atoms with E-state index in [0.29, 0.717) is 18.3 Å². The molecular weight excluding hydrogens is 619 g/mol. The fourth-order valence-electron chi connectivity index (χ4n) is 4.10. The Morgan fingerprint density at radius 2 is 1.95 bits per heavy atom. The van der Waals surface area contributed by atoms with E-state index in [2.05, 4.69) is 15.2 Å². The van der Waals surface area contributed by atoms with Crippen LogP contribution >= 0.6 is 11.3 Å². The largest absolute Gasteiger partial charge is 0.593 e. The predicted molar refractivity (Wildman–Crippen MR) is 136 cm³/mol. The van der Waals surface area contributed by atoms with Gasteiger partial charge in [-0.05, 0) is 39.8 Å². The van der Waals surface area contributed by atoms with Crippen LogP contribution in [0.3, 0.4) is 0 Å². The average Bonchev–Trinajstić information content (AvgIpc) is 3.60. The molecular formula is C24H24F7N5O4S2. The Morgan fingerprint density at radius 1 is 1.29 bits per heavy atom. The maximum Gasteiger partial charge on any atom is 0.407 e. The van der Waals surface area contributed by atoms with Crippen LogP contribution in [-0.4, -0.2) is 66.6 Å². The molecule has 3 aromatic rings. The topological polar surface area (TPSA) is 127 Å². The van der Waals surface area contributed by atoms with Gasteiger partial charge in [-0.15, -0.1) is 26.3 Å². The van der Waals surface area contributed by atoms with Gasteiger partial charge in [0.05, 0.1) is 28.3 Å². The summed E-state index contributed by atoms with van der Waals surface area (Å²) in [6, 6.07) is -1.31. The molecule has 42 heavy (non-hydrogen) atoms. The molecule has 1 saturated heterocycles. The Balaban J connectivity index is 1.86. The van der Waals surface area contributed by atoms with Gasteiger partial charge >= 0.3 is 6.18 Å². The van der Waals surface area contributed by atoms with Crippen LogP contribution in [0.25, 0.3) is 21.3 Å². The van der Waals surface area contributed by atoms with E-state index in [9.17, 15) is 40.8 Å². The summed E-state index contributed by atoms with van der Waals surface area (Å²) in [4.78, 5) is 17.5. The van der Waals surface area contributed by atoms with Crippen LogP contribution in [0.15, 0.2) is 21.4 Å². The molecule has 1 aliphatic heterocycles. The molecule has 2 unspecified atom stereocenters. The van der Waals surface area contributed by atoms with Gasteiger partial charge in [0, 0.05) is 18.0 Å². The third-order valence-corrected chi connectivity index (χ3v) is 8.69. The first-order valence-electron chi connectivity index (χ1n) is 12.3. The average molecular weight is 644 g/mol. The highest BCUT2D eigenvalue weighted by atomic mass is 32.2. The zero-order valence-corrected chi connectivity index (χ0v) is 23.9. The Bertz CT molecular complexity index is 1460. The number of amides is 1. The van der Waals surface area contributed by atoms with Gasteiger partial charge in [0.25, 0.3) is 18.2 Å². The Morgan fingerprint density at radius 3 is 2.48 bits per heavy atom. The van der Waals surface area contributed by atoms with Gasteiger partial charge in [-0.1, -0.05) is 0 Å². The number of rotatable bonds is 8. The third-order valence-electron chi connectivity index (χ3n) is 6.33. The molecule has 0 radical (unpaired) electrons. The van der Waals surface area contributed by atoms with E-state index < -0.39 is 81.3 Å². The molecule has 230 valence electrons. The van der Waals surface area contributed by atoms with Crippen LogP contribution in [-0.2, 0) is 17.0 Å². The van der Waals surface area contributed by atoms with Gasteiger partial charge in [0.2, 0.25) is 10.8 Å². The van der Waals surface area contributed by atoms with Crippen molar-refractivity contribution >= 4 is 28.6 Å². The van der Waals surface area contributed by atoms with Crippen LogP contribution in [0, 0.1) is 5.82 Å². The van der Waals surface area contributed by atoms with Crippen molar-refractivity contribution in [3.05, 3.63) is 35.1 Å². The summed E-state index contributed by atoms with van der Waals surface area (Å²) in [6.07, 6.45) is -9.77. The summed E-state index contributed by atoms with van der Waals surface area (Å²) < 4.78 is 116. The lowest BCUT2D eigenvalue weighted by atomic mass is 10.0. The second-order valence-corrected chi connectivity index (χ2v) is 12.3. The molecule has 2 aromatic heterocycles. The van der Waals surface area contributed by atoms with E-state index in [-0.39, 0.29) is 34.6 Å². The van der Waals surface area contributed by atoms with Gasteiger partial charge in [0.15, 0.2) is 10.8 Å². The number of halogens is 7. The molecule has 18 heteroatoms. The van der Waals surface area contributed by atoms with Crippen molar-refractivity contribution in [2.45, 2.75) is 75.5 Å². The highest BCUT2D eigenvalue weighted by Gasteiger charge is 2.41. The minimum absolute atomic E-state index is 0.0114. The molecule has 0 saturated carbocycles. The molecule has 0 aliphatic carbocycles. The SMILES string of the molecule is C[C@H](N[S+]([O-])c1ccc(-c2sc(-c3nnc(C(C)(C)O)o3)nc2C(=O)N2CC(F)C[C@@H]2C)c(C(F)F)c1F)C(F)(F)F. The van der Waals surface area contributed by atoms with Crippen molar-refractivity contribution in [3.8, 4) is 21.3 Å². The molecule has 9 nitrogen and oxygen atoms in total. The predicted octanol–water partition coefficient (Wildman–Crippen LogP) is 5.30. The lowest BCUT2D eigenvalue weighted by Gasteiger charge is -2.21. The monoisotopic (exact) mass is 643 g/mol. The zero-order valence-electron chi connectivity index (χ0n) is 22.3. The molecule has 4 atom stereocenters. The quantitative estimate of drug-likeness (QED) is 0.250. The molecule has 0 bridgehead atoms. The van der Waals surface area contributed by atoms with Crippen LogP contribution < -0.4 is 4.72 Å². The number of carbonyl (C=O) groups excluding carboxylic acids is 1. The summed E-state index contributed by atoms with van der Waals surface area (Å²) in [5, 5.41) is 17.4. The van der Waals surface area contributed by atoms with Crippen molar-refractivity contribution in [2.24, 2.45) is 0 Å². The van der Waals surface area contributed by atoms with Crippen molar-refractivity contribution in [1.82, 2.24) is 24.8 Å². The number of aromatic nitrogens is 3. The van der Waals surface area contributed by atoms with Gasteiger partial charge in [-0.3, -0.25) is 4.79 Å². The summed E-state index contributed by atoms with van der Waals surface area (Å²) in [5.41, 5.74) is -3.95. The number of likely N-dealkylation sites (tertiary alicyclic amines) is 1. The number of nitrogens with one attached hydrogen (secondary N) is 1. The number of hydrogen-bond donors (Lipinski definition) is 2. The first-order chi connectivity index (χ1) is 19.4. The van der Waals surface area contributed by atoms with Crippen LogP contribution in [0.4, 0.5) is 30.7 Å².